The Morgan fingerprint density at radius 3 is 2.54 bits per heavy atom. The second-order valence-corrected chi connectivity index (χ2v) is 6.01. The Morgan fingerprint density at radius 2 is 2.00 bits per heavy atom. The zero-order valence-electron chi connectivity index (χ0n) is 13.4. The molecule has 10 heteroatoms. The lowest BCUT2D eigenvalue weighted by Crippen LogP contribution is -2.39. The SMILES string of the molecule is CN=C(NCCc1cnn(C)c1)NCCc1nc(C(F)(F)F)cs1. The highest BCUT2D eigenvalue weighted by Crippen LogP contribution is 2.29. The molecule has 0 fully saturated rings. The Morgan fingerprint density at radius 1 is 1.29 bits per heavy atom. The summed E-state index contributed by atoms with van der Waals surface area (Å²) in [6.45, 7) is 1.14. The summed E-state index contributed by atoms with van der Waals surface area (Å²) in [6.07, 6.45) is 0.573. The van der Waals surface area contributed by atoms with Gasteiger partial charge in [-0.3, -0.25) is 9.67 Å². The summed E-state index contributed by atoms with van der Waals surface area (Å²) in [5.41, 5.74) is 0.282. The third-order valence-corrected chi connectivity index (χ3v) is 4.07. The van der Waals surface area contributed by atoms with Crippen molar-refractivity contribution in [1.29, 1.82) is 0 Å². The number of thiazole rings is 1. The average Bonchev–Trinajstić information content (AvgIpc) is 3.14. The summed E-state index contributed by atoms with van der Waals surface area (Å²) >= 11 is 1.01. The summed E-state index contributed by atoms with van der Waals surface area (Å²) in [5.74, 6) is 0.603. The Bertz CT molecular complexity index is 676. The molecule has 0 aromatic carbocycles. The molecular formula is C14H19F3N6S. The number of halogens is 3. The van der Waals surface area contributed by atoms with Crippen LogP contribution < -0.4 is 10.6 Å². The molecule has 2 rings (SSSR count). The van der Waals surface area contributed by atoms with Crippen molar-refractivity contribution in [3.8, 4) is 0 Å². The molecular weight excluding hydrogens is 341 g/mol. The number of nitrogens with one attached hydrogen (secondary N) is 2. The van der Waals surface area contributed by atoms with Crippen molar-refractivity contribution >= 4 is 17.3 Å². The maximum Gasteiger partial charge on any atom is 0.434 e. The molecule has 2 heterocycles. The van der Waals surface area contributed by atoms with Gasteiger partial charge in [0.2, 0.25) is 0 Å². The van der Waals surface area contributed by atoms with Crippen LogP contribution in [0.4, 0.5) is 13.2 Å². The molecule has 2 N–H and O–H groups in total. The van der Waals surface area contributed by atoms with Crippen LogP contribution in [-0.4, -0.2) is 40.9 Å². The second kappa shape index (κ2) is 8.13. The third-order valence-electron chi connectivity index (χ3n) is 3.16. The number of hydrogen-bond donors (Lipinski definition) is 2. The molecule has 2 aromatic rings. The standard InChI is InChI=1S/C14H19F3N6S/c1-18-13(19-5-3-10-7-21-23(2)8-10)20-6-4-12-22-11(9-24-12)14(15,16)17/h7-9H,3-6H2,1-2H3,(H2,18,19,20). The molecule has 132 valence electrons. The first-order chi connectivity index (χ1) is 11.4. The van der Waals surface area contributed by atoms with E-state index >= 15 is 0 Å². The normalized spacial score (nSPS) is 12.5. The highest BCUT2D eigenvalue weighted by molar-refractivity contribution is 7.09. The minimum absolute atomic E-state index is 0.407. The molecule has 0 saturated heterocycles. The lowest BCUT2D eigenvalue weighted by molar-refractivity contribution is -0.140. The molecule has 0 bridgehead atoms. The van der Waals surface area contributed by atoms with E-state index in [2.05, 4.69) is 25.7 Å². The maximum absolute atomic E-state index is 12.5. The highest BCUT2D eigenvalue weighted by Gasteiger charge is 2.33. The van der Waals surface area contributed by atoms with Gasteiger partial charge in [-0.2, -0.15) is 18.3 Å². The van der Waals surface area contributed by atoms with Gasteiger partial charge in [0.25, 0.3) is 0 Å². The molecule has 0 saturated carbocycles. The fraction of sp³-hybridized carbons (Fsp3) is 0.500. The van der Waals surface area contributed by atoms with Crippen molar-refractivity contribution in [1.82, 2.24) is 25.4 Å². The van der Waals surface area contributed by atoms with Crippen LogP contribution in [0.3, 0.4) is 0 Å². The quantitative estimate of drug-likeness (QED) is 0.609. The molecule has 6 nitrogen and oxygen atoms in total. The summed E-state index contributed by atoms with van der Waals surface area (Å²) in [5, 5.41) is 11.8. The fourth-order valence-corrected chi connectivity index (χ4v) is 2.80. The lowest BCUT2D eigenvalue weighted by atomic mass is 10.2. The minimum atomic E-state index is -4.38. The number of guanidine groups is 1. The Kier molecular flexibility index (Phi) is 6.18. The topological polar surface area (TPSA) is 67.1 Å². The molecule has 0 unspecified atom stereocenters. The van der Waals surface area contributed by atoms with Crippen LogP contribution in [0.1, 0.15) is 16.3 Å². The molecule has 0 aliphatic heterocycles. The van der Waals surface area contributed by atoms with Crippen LogP contribution in [0.5, 0.6) is 0 Å². The first kappa shape index (κ1) is 18.2. The van der Waals surface area contributed by atoms with Gasteiger partial charge in [-0.15, -0.1) is 11.3 Å². The Hall–Kier alpha value is -2.10. The van der Waals surface area contributed by atoms with E-state index in [0.29, 0.717) is 30.5 Å². The minimum Gasteiger partial charge on any atom is -0.356 e. The number of aliphatic imine (C=N–C) groups is 1. The van der Waals surface area contributed by atoms with Gasteiger partial charge in [-0.25, -0.2) is 4.98 Å². The van der Waals surface area contributed by atoms with Gasteiger partial charge in [0.1, 0.15) is 0 Å². The number of rotatable bonds is 6. The Balaban J connectivity index is 1.70. The molecule has 0 atom stereocenters. The molecule has 0 spiro atoms. The van der Waals surface area contributed by atoms with Gasteiger partial charge in [-0.1, -0.05) is 0 Å². The number of hydrogen-bond acceptors (Lipinski definition) is 4. The fourth-order valence-electron chi connectivity index (χ4n) is 1.99. The largest absolute Gasteiger partial charge is 0.434 e. The van der Waals surface area contributed by atoms with E-state index in [1.54, 1.807) is 17.9 Å². The van der Waals surface area contributed by atoms with Gasteiger partial charge >= 0.3 is 6.18 Å². The van der Waals surface area contributed by atoms with Gasteiger partial charge in [0.05, 0.1) is 11.2 Å². The van der Waals surface area contributed by atoms with Gasteiger partial charge in [0.15, 0.2) is 11.7 Å². The molecule has 0 aliphatic rings. The van der Waals surface area contributed by atoms with E-state index in [0.717, 1.165) is 28.7 Å². The van der Waals surface area contributed by atoms with Crippen molar-refractivity contribution in [2.24, 2.45) is 12.0 Å². The van der Waals surface area contributed by atoms with E-state index in [9.17, 15) is 13.2 Å². The van der Waals surface area contributed by atoms with E-state index in [-0.39, 0.29) is 0 Å². The van der Waals surface area contributed by atoms with Crippen LogP contribution in [0.25, 0.3) is 0 Å². The van der Waals surface area contributed by atoms with Gasteiger partial charge in [0, 0.05) is 45.2 Å². The summed E-state index contributed by atoms with van der Waals surface area (Å²) < 4.78 is 39.2. The van der Waals surface area contributed by atoms with E-state index < -0.39 is 11.9 Å². The van der Waals surface area contributed by atoms with Gasteiger partial charge < -0.3 is 10.6 Å². The number of alkyl halides is 3. The molecule has 0 radical (unpaired) electrons. The van der Waals surface area contributed by atoms with E-state index in [4.69, 9.17) is 0 Å². The summed E-state index contributed by atoms with van der Waals surface area (Å²) in [4.78, 5) is 7.67. The molecule has 24 heavy (non-hydrogen) atoms. The van der Waals surface area contributed by atoms with Crippen molar-refractivity contribution in [2.45, 2.75) is 19.0 Å². The first-order valence-corrected chi connectivity index (χ1v) is 8.20. The van der Waals surface area contributed by atoms with Crippen molar-refractivity contribution in [2.75, 3.05) is 20.1 Å². The van der Waals surface area contributed by atoms with Crippen LogP contribution >= 0.6 is 11.3 Å². The smallest absolute Gasteiger partial charge is 0.356 e. The predicted octanol–water partition coefficient (Wildman–Crippen LogP) is 1.85. The summed E-state index contributed by atoms with van der Waals surface area (Å²) in [6, 6.07) is 0. The highest BCUT2D eigenvalue weighted by atomic mass is 32.1. The zero-order chi connectivity index (χ0) is 17.6. The van der Waals surface area contributed by atoms with Crippen molar-refractivity contribution in [3.05, 3.63) is 34.0 Å². The van der Waals surface area contributed by atoms with Crippen molar-refractivity contribution < 1.29 is 13.2 Å². The summed E-state index contributed by atoms with van der Waals surface area (Å²) in [7, 11) is 3.50. The van der Waals surface area contributed by atoms with Crippen LogP contribution in [0, 0.1) is 0 Å². The van der Waals surface area contributed by atoms with Crippen LogP contribution in [0.2, 0.25) is 0 Å². The number of aromatic nitrogens is 3. The first-order valence-electron chi connectivity index (χ1n) is 7.32. The third kappa shape index (κ3) is 5.52. The van der Waals surface area contributed by atoms with Crippen LogP contribution in [-0.2, 0) is 26.1 Å². The number of aryl methyl sites for hydroxylation is 1. The van der Waals surface area contributed by atoms with Gasteiger partial charge in [-0.05, 0) is 12.0 Å². The Labute approximate surface area is 141 Å². The molecule has 0 aliphatic carbocycles. The lowest BCUT2D eigenvalue weighted by Gasteiger charge is -2.10. The predicted molar refractivity (Wildman–Crippen MR) is 87.1 cm³/mol. The van der Waals surface area contributed by atoms with E-state index in [1.165, 1.54) is 0 Å². The maximum atomic E-state index is 12.5. The average molecular weight is 360 g/mol. The number of nitrogens with zero attached hydrogens (tertiary/aromatic N) is 4. The van der Waals surface area contributed by atoms with Crippen molar-refractivity contribution in [3.63, 3.8) is 0 Å². The van der Waals surface area contributed by atoms with E-state index in [1.807, 2.05) is 13.2 Å². The molecule has 2 aromatic heterocycles. The second-order valence-electron chi connectivity index (χ2n) is 5.07. The zero-order valence-corrected chi connectivity index (χ0v) is 14.2. The molecule has 0 amide bonds. The van der Waals surface area contributed by atoms with Crippen LogP contribution in [0.15, 0.2) is 22.8 Å². The monoisotopic (exact) mass is 360 g/mol.